The molecule has 0 unspecified atom stereocenters. The lowest BCUT2D eigenvalue weighted by Gasteiger charge is -2.14. The zero-order chi connectivity index (χ0) is 20.0. The average molecular weight is 415 g/mol. The zero-order valence-electron chi connectivity index (χ0n) is 14.1. The molecule has 7 nitrogen and oxygen atoms in total. The summed E-state index contributed by atoms with van der Waals surface area (Å²) in [5.41, 5.74) is 0.346. The molecule has 0 saturated heterocycles. The largest absolute Gasteiger partial charge is 0.452 e. The van der Waals surface area contributed by atoms with Gasteiger partial charge in [0.15, 0.2) is 6.10 Å². The van der Waals surface area contributed by atoms with Crippen molar-refractivity contribution in [3.05, 3.63) is 59.4 Å². The van der Waals surface area contributed by atoms with Crippen molar-refractivity contribution in [3.63, 3.8) is 0 Å². The van der Waals surface area contributed by atoms with Gasteiger partial charge in [0.2, 0.25) is 10.0 Å². The summed E-state index contributed by atoms with van der Waals surface area (Å²) in [6.45, 7) is 0.605. The first-order chi connectivity index (χ1) is 12.7. The number of para-hydroxylation sites is 1. The number of benzene rings is 2. The Balaban J connectivity index is 1.89. The van der Waals surface area contributed by atoms with Crippen molar-refractivity contribution in [2.24, 2.45) is 0 Å². The minimum absolute atomic E-state index is 0.312. The van der Waals surface area contributed by atoms with Crippen molar-refractivity contribution in [2.45, 2.75) is 17.9 Å². The number of sulfonamides is 1. The number of hydrogen-bond acceptors (Lipinski definition) is 5. The molecule has 10 heteroatoms. The van der Waals surface area contributed by atoms with Crippen LogP contribution in [0.15, 0.2) is 53.4 Å². The maximum Gasteiger partial charge on any atom is 0.321 e. The molecule has 0 aliphatic rings. The smallest absolute Gasteiger partial charge is 0.321 e. The highest BCUT2D eigenvalue weighted by atomic mass is 35.5. The number of halogens is 2. The predicted molar refractivity (Wildman–Crippen MR) is 97.2 cm³/mol. The van der Waals surface area contributed by atoms with Gasteiger partial charge in [-0.05, 0) is 37.3 Å². The maximum absolute atomic E-state index is 13.1. The molecule has 2 aromatic carbocycles. The van der Waals surface area contributed by atoms with Gasteiger partial charge in [-0.1, -0.05) is 29.8 Å². The zero-order valence-corrected chi connectivity index (χ0v) is 15.7. The Morgan fingerprint density at radius 2 is 1.89 bits per heavy atom. The second-order valence-electron chi connectivity index (χ2n) is 5.38. The van der Waals surface area contributed by atoms with Crippen LogP contribution in [0.3, 0.4) is 0 Å². The standard InChI is InChI=1S/C17H16ClFN2O5S/c1-11(17(23)21-15-8-3-2-7-14(15)18)26-16(22)10-20-27(24,25)13-6-4-5-12(19)9-13/h2-9,11,20H,10H2,1H3,(H,21,23)/t11-/m0/s1. The molecule has 0 radical (unpaired) electrons. The lowest BCUT2D eigenvalue weighted by molar-refractivity contribution is -0.151. The Kier molecular flexibility index (Phi) is 6.89. The first-order valence-corrected chi connectivity index (χ1v) is 9.55. The van der Waals surface area contributed by atoms with E-state index in [9.17, 15) is 22.4 Å². The van der Waals surface area contributed by atoms with Crippen LogP contribution in [0.25, 0.3) is 0 Å². The van der Waals surface area contributed by atoms with E-state index in [1.54, 1.807) is 24.3 Å². The van der Waals surface area contributed by atoms with E-state index in [1.165, 1.54) is 19.1 Å². The molecule has 0 aliphatic carbocycles. The lowest BCUT2D eigenvalue weighted by Crippen LogP contribution is -2.35. The molecule has 2 aromatic rings. The third-order valence-electron chi connectivity index (χ3n) is 3.32. The lowest BCUT2D eigenvalue weighted by atomic mass is 10.3. The normalized spacial score (nSPS) is 12.3. The fraction of sp³-hybridized carbons (Fsp3) is 0.176. The van der Waals surface area contributed by atoms with E-state index in [0.29, 0.717) is 10.7 Å². The number of ether oxygens (including phenoxy) is 1. The van der Waals surface area contributed by atoms with Gasteiger partial charge in [0.1, 0.15) is 12.4 Å². The van der Waals surface area contributed by atoms with Crippen molar-refractivity contribution in [1.29, 1.82) is 0 Å². The minimum Gasteiger partial charge on any atom is -0.452 e. The van der Waals surface area contributed by atoms with E-state index < -0.39 is 40.4 Å². The number of nitrogens with one attached hydrogen (secondary N) is 2. The van der Waals surface area contributed by atoms with Gasteiger partial charge in [0, 0.05) is 0 Å². The van der Waals surface area contributed by atoms with Crippen molar-refractivity contribution < 1.29 is 27.1 Å². The molecule has 0 heterocycles. The molecule has 144 valence electrons. The molecule has 2 N–H and O–H groups in total. The molecule has 0 aromatic heterocycles. The number of hydrogen-bond donors (Lipinski definition) is 2. The molecular formula is C17H16ClFN2O5S. The highest BCUT2D eigenvalue weighted by Crippen LogP contribution is 2.20. The molecule has 0 fully saturated rings. The molecule has 0 saturated carbocycles. The first-order valence-electron chi connectivity index (χ1n) is 7.69. The molecule has 1 atom stereocenters. The molecule has 2 rings (SSSR count). The molecular weight excluding hydrogens is 399 g/mol. The highest BCUT2D eigenvalue weighted by Gasteiger charge is 2.21. The second-order valence-corrected chi connectivity index (χ2v) is 7.56. The second kappa shape index (κ2) is 8.94. The van der Waals surface area contributed by atoms with Gasteiger partial charge in [0.05, 0.1) is 15.6 Å². The summed E-state index contributed by atoms with van der Waals surface area (Å²) in [5, 5.41) is 2.80. The predicted octanol–water partition coefficient (Wildman–Crippen LogP) is 2.33. The Morgan fingerprint density at radius 3 is 2.56 bits per heavy atom. The van der Waals surface area contributed by atoms with Crippen LogP contribution >= 0.6 is 11.6 Å². The molecule has 0 aliphatic heterocycles. The van der Waals surface area contributed by atoms with Crippen LogP contribution in [-0.2, 0) is 24.3 Å². The molecule has 0 bridgehead atoms. The number of esters is 1. The number of carbonyl (C=O) groups excluding carboxylic acids is 2. The minimum atomic E-state index is -4.10. The van der Waals surface area contributed by atoms with E-state index in [4.69, 9.17) is 16.3 Å². The van der Waals surface area contributed by atoms with Crippen LogP contribution in [0.5, 0.6) is 0 Å². The van der Waals surface area contributed by atoms with Gasteiger partial charge in [-0.2, -0.15) is 4.72 Å². The van der Waals surface area contributed by atoms with Crippen LogP contribution < -0.4 is 10.0 Å². The van der Waals surface area contributed by atoms with Crippen molar-refractivity contribution in [1.82, 2.24) is 4.72 Å². The summed E-state index contributed by atoms with van der Waals surface area (Å²) in [5.74, 6) is -2.34. The fourth-order valence-electron chi connectivity index (χ4n) is 1.96. The quantitative estimate of drug-likeness (QED) is 0.677. The van der Waals surface area contributed by atoms with Crippen LogP contribution in [0.4, 0.5) is 10.1 Å². The summed E-state index contributed by atoms with van der Waals surface area (Å²) in [6, 6.07) is 10.8. The monoisotopic (exact) mass is 414 g/mol. The Labute approximate surface area is 160 Å². The van der Waals surface area contributed by atoms with Crippen molar-refractivity contribution in [2.75, 3.05) is 11.9 Å². The summed E-state index contributed by atoms with van der Waals surface area (Å²) in [6.07, 6.45) is -1.19. The Bertz CT molecular complexity index is 952. The molecule has 0 spiro atoms. The summed E-state index contributed by atoms with van der Waals surface area (Å²) in [4.78, 5) is 23.5. The molecule has 27 heavy (non-hydrogen) atoms. The van der Waals surface area contributed by atoms with Gasteiger partial charge < -0.3 is 10.1 Å². The molecule has 1 amide bonds. The third kappa shape index (κ3) is 6.02. The number of anilines is 1. The maximum atomic E-state index is 13.1. The van der Waals surface area contributed by atoms with Crippen LogP contribution in [-0.4, -0.2) is 32.9 Å². The average Bonchev–Trinajstić information content (AvgIpc) is 2.62. The van der Waals surface area contributed by atoms with E-state index in [-0.39, 0.29) is 4.90 Å². The Hall–Kier alpha value is -2.49. The summed E-state index contributed by atoms with van der Waals surface area (Å²) in [7, 11) is -4.10. The van der Waals surface area contributed by atoms with E-state index in [1.807, 2.05) is 4.72 Å². The van der Waals surface area contributed by atoms with Gasteiger partial charge in [-0.15, -0.1) is 0 Å². The van der Waals surface area contributed by atoms with E-state index in [0.717, 1.165) is 12.1 Å². The SMILES string of the molecule is C[C@H](OC(=O)CNS(=O)(=O)c1cccc(F)c1)C(=O)Nc1ccccc1Cl. The summed E-state index contributed by atoms with van der Waals surface area (Å²) >= 11 is 5.92. The summed E-state index contributed by atoms with van der Waals surface area (Å²) < 4.78 is 44.0. The van der Waals surface area contributed by atoms with Crippen molar-refractivity contribution >= 4 is 39.2 Å². The van der Waals surface area contributed by atoms with Gasteiger partial charge in [-0.25, -0.2) is 12.8 Å². The topological polar surface area (TPSA) is 102 Å². The van der Waals surface area contributed by atoms with Crippen LogP contribution in [0.2, 0.25) is 5.02 Å². The fourth-order valence-corrected chi connectivity index (χ4v) is 3.14. The Morgan fingerprint density at radius 1 is 1.19 bits per heavy atom. The number of amides is 1. The highest BCUT2D eigenvalue weighted by molar-refractivity contribution is 7.89. The third-order valence-corrected chi connectivity index (χ3v) is 5.05. The first kappa shape index (κ1) is 20.8. The van der Waals surface area contributed by atoms with Gasteiger partial charge in [-0.3, -0.25) is 9.59 Å². The van der Waals surface area contributed by atoms with Crippen molar-refractivity contribution in [3.8, 4) is 0 Å². The van der Waals surface area contributed by atoms with Crippen LogP contribution in [0.1, 0.15) is 6.92 Å². The van der Waals surface area contributed by atoms with E-state index in [2.05, 4.69) is 5.32 Å². The van der Waals surface area contributed by atoms with Crippen LogP contribution in [0, 0.1) is 5.82 Å². The van der Waals surface area contributed by atoms with Gasteiger partial charge >= 0.3 is 5.97 Å². The van der Waals surface area contributed by atoms with Gasteiger partial charge in [0.25, 0.3) is 5.91 Å². The number of rotatable bonds is 7. The van der Waals surface area contributed by atoms with E-state index >= 15 is 0 Å². The number of carbonyl (C=O) groups is 2.